The Labute approximate surface area is 140 Å². The molecule has 6 nitrogen and oxygen atoms in total. The summed E-state index contributed by atoms with van der Waals surface area (Å²) in [7, 11) is 0. The molecular formula is C17H22FN3O3. The monoisotopic (exact) mass is 335 g/mol. The second-order valence-electron chi connectivity index (χ2n) is 6.32. The van der Waals surface area contributed by atoms with Gasteiger partial charge in [-0.3, -0.25) is 14.4 Å². The van der Waals surface area contributed by atoms with Crippen LogP contribution >= 0.6 is 0 Å². The molecule has 0 aromatic heterocycles. The number of aryl methyl sites for hydroxylation is 1. The Morgan fingerprint density at radius 2 is 2.00 bits per heavy atom. The van der Waals surface area contributed by atoms with E-state index in [1.807, 2.05) is 0 Å². The first-order valence-electron chi connectivity index (χ1n) is 7.94. The largest absolute Gasteiger partial charge is 0.346 e. The standard InChI is InChI=1S/C17H22FN3O3/c1-10(2)19-16(23)17(24)21-7-6-12(9-21)15(22)20-13-4-5-14(18)11(3)8-13/h4-5,8,10,12H,6-7,9H2,1-3H3,(H,19,23)(H,20,22). The Kier molecular flexibility index (Phi) is 5.54. The van der Waals surface area contributed by atoms with Crippen LogP contribution in [0.5, 0.6) is 0 Å². The number of nitrogens with zero attached hydrogens (tertiary/aromatic N) is 1. The zero-order chi connectivity index (χ0) is 17.9. The molecule has 2 N–H and O–H groups in total. The first kappa shape index (κ1) is 17.9. The van der Waals surface area contributed by atoms with Gasteiger partial charge in [0.2, 0.25) is 5.91 Å². The van der Waals surface area contributed by atoms with Crippen LogP contribution in [-0.2, 0) is 14.4 Å². The van der Waals surface area contributed by atoms with E-state index in [2.05, 4.69) is 10.6 Å². The Hall–Kier alpha value is -2.44. The number of carbonyl (C=O) groups excluding carboxylic acids is 3. The Morgan fingerprint density at radius 1 is 1.29 bits per heavy atom. The van der Waals surface area contributed by atoms with Crippen molar-refractivity contribution >= 4 is 23.4 Å². The Morgan fingerprint density at radius 3 is 2.62 bits per heavy atom. The SMILES string of the molecule is Cc1cc(NC(=O)C2CCN(C(=O)C(=O)NC(C)C)C2)ccc1F. The minimum Gasteiger partial charge on any atom is -0.346 e. The van der Waals surface area contributed by atoms with Crippen molar-refractivity contribution in [2.45, 2.75) is 33.2 Å². The molecule has 1 saturated heterocycles. The molecule has 1 atom stereocenters. The third kappa shape index (κ3) is 4.31. The van der Waals surface area contributed by atoms with Gasteiger partial charge in [0.1, 0.15) is 5.82 Å². The van der Waals surface area contributed by atoms with Crippen LogP contribution in [0.3, 0.4) is 0 Å². The van der Waals surface area contributed by atoms with Gasteiger partial charge in [-0.25, -0.2) is 4.39 Å². The third-order valence-corrected chi connectivity index (χ3v) is 3.89. The number of rotatable bonds is 3. The molecule has 1 aliphatic rings. The molecular weight excluding hydrogens is 313 g/mol. The van der Waals surface area contributed by atoms with Gasteiger partial charge >= 0.3 is 11.8 Å². The maximum Gasteiger partial charge on any atom is 0.311 e. The molecule has 1 aromatic rings. The molecule has 2 rings (SSSR count). The predicted octanol–water partition coefficient (Wildman–Crippen LogP) is 1.45. The molecule has 0 bridgehead atoms. The quantitative estimate of drug-likeness (QED) is 0.821. The lowest BCUT2D eigenvalue weighted by atomic mass is 10.1. The van der Waals surface area contributed by atoms with Gasteiger partial charge in [0.15, 0.2) is 0 Å². The molecule has 1 fully saturated rings. The van der Waals surface area contributed by atoms with Crippen molar-refractivity contribution in [2.75, 3.05) is 18.4 Å². The van der Waals surface area contributed by atoms with Gasteiger partial charge in [-0.15, -0.1) is 0 Å². The summed E-state index contributed by atoms with van der Waals surface area (Å²) in [5, 5.41) is 5.28. The van der Waals surface area contributed by atoms with Crippen LogP contribution in [0.4, 0.5) is 10.1 Å². The highest BCUT2D eigenvalue weighted by atomic mass is 19.1. The van der Waals surface area contributed by atoms with Crippen LogP contribution in [0.15, 0.2) is 18.2 Å². The molecule has 7 heteroatoms. The second-order valence-corrected chi connectivity index (χ2v) is 6.32. The molecule has 0 spiro atoms. The molecule has 0 aliphatic carbocycles. The first-order chi connectivity index (χ1) is 11.3. The predicted molar refractivity (Wildman–Crippen MR) is 87.7 cm³/mol. The van der Waals surface area contributed by atoms with Crippen molar-refractivity contribution in [3.05, 3.63) is 29.6 Å². The maximum atomic E-state index is 13.2. The summed E-state index contributed by atoms with van der Waals surface area (Å²) in [6.07, 6.45) is 0.493. The topological polar surface area (TPSA) is 78.5 Å². The number of nitrogens with one attached hydrogen (secondary N) is 2. The lowest BCUT2D eigenvalue weighted by Gasteiger charge is -2.17. The number of amides is 3. The average Bonchev–Trinajstić information content (AvgIpc) is 2.99. The third-order valence-electron chi connectivity index (χ3n) is 3.89. The van der Waals surface area contributed by atoms with Crippen molar-refractivity contribution in [3.63, 3.8) is 0 Å². The van der Waals surface area contributed by atoms with Gasteiger partial charge in [0.05, 0.1) is 5.92 Å². The molecule has 1 aliphatic heterocycles. The van der Waals surface area contributed by atoms with Crippen LogP contribution in [-0.4, -0.2) is 41.8 Å². The first-order valence-corrected chi connectivity index (χ1v) is 7.94. The summed E-state index contributed by atoms with van der Waals surface area (Å²) in [5.41, 5.74) is 0.961. The molecule has 130 valence electrons. The maximum absolute atomic E-state index is 13.2. The van der Waals surface area contributed by atoms with Gasteiger partial charge in [-0.2, -0.15) is 0 Å². The number of carbonyl (C=O) groups is 3. The molecule has 24 heavy (non-hydrogen) atoms. The van der Waals surface area contributed by atoms with E-state index in [9.17, 15) is 18.8 Å². The fourth-order valence-electron chi connectivity index (χ4n) is 2.59. The zero-order valence-electron chi connectivity index (χ0n) is 14.1. The van der Waals surface area contributed by atoms with Crippen LogP contribution in [0.25, 0.3) is 0 Å². The van der Waals surface area contributed by atoms with E-state index >= 15 is 0 Å². The Bertz CT molecular complexity index is 660. The number of halogens is 1. The number of anilines is 1. The molecule has 1 heterocycles. The van der Waals surface area contributed by atoms with E-state index in [1.165, 1.54) is 17.0 Å². The summed E-state index contributed by atoms with van der Waals surface area (Å²) < 4.78 is 13.2. The smallest absolute Gasteiger partial charge is 0.311 e. The molecule has 1 unspecified atom stereocenters. The van der Waals surface area contributed by atoms with E-state index in [-0.39, 0.29) is 30.2 Å². The number of hydrogen-bond donors (Lipinski definition) is 2. The molecule has 3 amide bonds. The van der Waals surface area contributed by atoms with Crippen molar-refractivity contribution in [1.29, 1.82) is 0 Å². The van der Waals surface area contributed by atoms with Crippen molar-refractivity contribution in [2.24, 2.45) is 5.92 Å². The highest BCUT2D eigenvalue weighted by Gasteiger charge is 2.33. The molecule has 1 aromatic carbocycles. The highest BCUT2D eigenvalue weighted by molar-refractivity contribution is 6.35. The fraction of sp³-hybridized carbons (Fsp3) is 0.471. The van der Waals surface area contributed by atoms with Crippen LogP contribution in [0.1, 0.15) is 25.8 Å². The number of benzene rings is 1. The summed E-state index contributed by atoms with van der Waals surface area (Å²) >= 11 is 0. The summed E-state index contributed by atoms with van der Waals surface area (Å²) in [6, 6.07) is 4.23. The lowest BCUT2D eigenvalue weighted by Crippen LogP contribution is -2.44. The molecule has 0 radical (unpaired) electrons. The van der Waals surface area contributed by atoms with Crippen molar-refractivity contribution < 1.29 is 18.8 Å². The van der Waals surface area contributed by atoms with Gasteiger partial charge in [-0.05, 0) is 51.0 Å². The van der Waals surface area contributed by atoms with Crippen LogP contribution < -0.4 is 10.6 Å². The number of likely N-dealkylation sites (tertiary alicyclic amines) is 1. The molecule has 0 saturated carbocycles. The minimum absolute atomic E-state index is 0.120. The Balaban J connectivity index is 1.92. The fourth-order valence-corrected chi connectivity index (χ4v) is 2.59. The van der Waals surface area contributed by atoms with Gasteiger partial charge in [0.25, 0.3) is 0 Å². The zero-order valence-corrected chi connectivity index (χ0v) is 14.1. The van der Waals surface area contributed by atoms with Gasteiger partial charge < -0.3 is 15.5 Å². The van der Waals surface area contributed by atoms with E-state index in [0.717, 1.165) is 0 Å². The normalized spacial score (nSPS) is 17.0. The second kappa shape index (κ2) is 7.42. The number of hydrogen-bond acceptors (Lipinski definition) is 3. The lowest BCUT2D eigenvalue weighted by molar-refractivity contribution is -0.145. The van der Waals surface area contributed by atoms with E-state index in [4.69, 9.17) is 0 Å². The average molecular weight is 335 g/mol. The van der Waals surface area contributed by atoms with E-state index in [1.54, 1.807) is 26.8 Å². The van der Waals surface area contributed by atoms with Crippen LogP contribution in [0.2, 0.25) is 0 Å². The summed E-state index contributed by atoms with van der Waals surface area (Å²) in [5.74, 6) is -2.22. The minimum atomic E-state index is -0.653. The summed E-state index contributed by atoms with van der Waals surface area (Å²) in [4.78, 5) is 37.4. The van der Waals surface area contributed by atoms with Crippen molar-refractivity contribution in [1.82, 2.24) is 10.2 Å². The van der Waals surface area contributed by atoms with Crippen molar-refractivity contribution in [3.8, 4) is 0 Å². The van der Waals surface area contributed by atoms with Gasteiger partial charge in [0, 0.05) is 24.8 Å². The van der Waals surface area contributed by atoms with E-state index < -0.39 is 11.8 Å². The van der Waals surface area contributed by atoms with Gasteiger partial charge in [-0.1, -0.05) is 0 Å². The highest BCUT2D eigenvalue weighted by Crippen LogP contribution is 2.20. The summed E-state index contributed by atoms with van der Waals surface area (Å²) in [6.45, 7) is 5.74. The van der Waals surface area contributed by atoms with E-state index in [0.29, 0.717) is 24.2 Å². The van der Waals surface area contributed by atoms with Crippen LogP contribution in [0, 0.1) is 18.7 Å².